The molecule has 1 aliphatic heterocycles. The first kappa shape index (κ1) is 21.2. The highest BCUT2D eigenvalue weighted by molar-refractivity contribution is 7.89. The number of carbonyl (C=O) groups excluding carboxylic acids is 2. The largest absolute Gasteiger partial charge is 0.444 e. The first-order chi connectivity index (χ1) is 12.5. The predicted octanol–water partition coefficient (Wildman–Crippen LogP) is 1.35. The van der Waals surface area contributed by atoms with Gasteiger partial charge in [-0.1, -0.05) is 17.7 Å². The number of alkyl carbamates (subject to hydrolysis) is 1. The molecule has 2 rings (SSSR count). The minimum absolute atomic E-state index is 0.181. The minimum atomic E-state index is -3.57. The van der Waals surface area contributed by atoms with Crippen molar-refractivity contribution in [3.05, 3.63) is 29.8 Å². The van der Waals surface area contributed by atoms with Crippen molar-refractivity contribution in [3.8, 4) is 0 Å². The molecule has 0 saturated carbocycles. The molecule has 1 aromatic rings. The molecule has 0 bridgehead atoms. The Bertz CT molecular complexity index is 776. The summed E-state index contributed by atoms with van der Waals surface area (Å²) in [6.45, 7) is 7.92. The zero-order valence-corrected chi connectivity index (χ0v) is 17.0. The van der Waals surface area contributed by atoms with Gasteiger partial charge < -0.3 is 15.0 Å². The van der Waals surface area contributed by atoms with E-state index in [1.54, 1.807) is 49.9 Å². The van der Waals surface area contributed by atoms with Crippen LogP contribution < -0.4 is 5.32 Å². The number of aryl methyl sites for hydroxylation is 1. The maximum atomic E-state index is 12.7. The van der Waals surface area contributed by atoms with E-state index in [0.717, 1.165) is 5.56 Å². The van der Waals surface area contributed by atoms with Gasteiger partial charge in [0.05, 0.1) is 4.90 Å². The smallest absolute Gasteiger partial charge is 0.408 e. The Morgan fingerprint density at radius 1 is 1.07 bits per heavy atom. The highest BCUT2D eigenvalue weighted by atomic mass is 32.2. The fourth-order valence-corrected chi connectivity index (χ4v) is 4.03. The van der Waals surface area contributed by atoms with Crippen molar-refractivity contribution in [3.63, 3.8) is 0 Å². The van der Waals surface area contributed by atoms with Crippen LogP contribution in [0.4, 0.5) is 4.79 Å². The van der Waals surface area contributed by atoms with E-state index in [1.807, 2.05) is 6.92 Å². The molecule has 8 nitrogen and oxygen atoms in total. The fraction of sp³-hybridized carbons (Fsp3) is 0.556. The van der Waals surface area contributed by atoms with Crippen LogP contribution in [-0.4, -0.2) is 67.9 Å². The van der Waals surface area contributed by atoms with Crippen LogP contribution in [0.2, 0.25) is 0 Å². The van der Waals surface area contributed by atoms with Gasteiger partial charge in [0.1, 0.15) is 12.1 Å². The third-order valence-corrected chi connectivity index (χ3v) is 5.95. The van der Waals surface area contributed by atoms with Gasteiger partial charge in [-0.15, -0.1) is 0 Å². The van der Waals surface area contributed by atoms with Crippen LogP contribution in [-0.2, 0) is 19.6 Å². The van der Waals surface area contributed by atoms with Gasteiger partial charge in [0.15, 0.2) is 0 Å². The summed E-state index contributed by atoms with van der Waals surface area (Å²) >= 11 is 0. The number of ether oxygens (including phenoxy) is 1. The summed E-state index contributed by atoms with van der Waals surface area (Å²) in [5, 5.41) is 2.42. The van der Waals surface area contributed by atoms with Gasteiger partial charge in [0.2, 0.25) is 15.9 Å². The lowest BCUT2D eigenvalue weighted by Gasteiger charge is -2.34. The molecule has 1 aromatic carbocycles. The number of nitrogens with one attached hydrogen (secondary N) is 1. The maximum absolute atomic E-state index is 12.7. The van der Waals surface area contributed by atoms with Crippen LogP contribution in [0.3, 0.4) is 0 Å². The Balaban J connectivity index is 1.86. The average Bonchev–Trinajstić information content (AvgIpc) is 2.58. The highest BCUT2D eigenvalue weighted by Crippen LogP contribution is 2.18. The average molecular weight is 397 g/mol. The Labute approximate surface area is 160 Å². The monoisotopic (exact) mass is 397 g/mol. The molecule has 150 valence electrons. The zero-order valence-electron chi connectivity index (χ0n) is 16.2. The number of rotatable bonds is 4. The summed E-state index contributed by atoms with van der Waals surface area (Å²) < 4.78 is 31.8. The fourth-order valence-electron chi connectivity index (χ4n) is 2.61. The van der Waals surface area contributed by atoms with Crippen molar-refractivity contribution >= 4 is 22.0 Å². The van der Waals surface area contributed by atoms with Crippen molar-refractivity contribution in [2.45, 2.75) is 38.2 Å². The first-order valence-corrected chi connectivity index (χ1v) is 10.2. The number of sulfonamides is 1. The van der Waals surface area contributed by atoms with Crippen LogP contribution in [0.5, 0.6) is 0 Å². The van der Waals surface area contributed by atoms with E-state index in [9.17, 15) is 18.0 Å². The van der Waals surface area contributed by atoms with Crippen LogP contribution in [0.15, 0.2) is 29.2 Å². The number of hydrogen-bond donors (Lipinski definition) is 1. The van der Waals surface area contributed by atoms with E-state index < -0.39 is 21.7 Å². The molecule has 1 heterocycles. The van der Waals surface area contributed by atoms with Crippen molar-refractivity contribution in [2.75, 3.05) is 32.7 Å². The van der Waals surface area contributed by atoms with Gasteiger partial charge in [0, 0.05) is 26.2 Å². The quantitative estimate of drug-likeness (QED) is 0.827. The summed E-state index contributed by atoms with van der Waals surface area (Å²) in [6.07, 6.45) is -0.656. The molecule has 0 aromatic heterocycles. The van der Waals surface area contributed by atoms with Gasteiger partial charge in [-0.3, -0.25) is 4.79 Å². The summed E-state index contributed by atoms with van der Waals surface area (Å²) in [4.78, 5) is 25.6. The molecule has 1 saturated heterocycles. The Hall–Kier alpha value is -2.13. The Morgan fingerprint density at radius 3 is 2.15 bits per heavy atom. The lowest BCUT2D eigenvalue weighted by Crippen LogP contribution is -2.52. The van der Waals surface area contributed by atoms with Crippen molar-refractivity contribution in [1.82, 2.24) is 14.5 Å². The van der Waals surface area contributed by atoms with Crippen LogP contribution >= 0.6 is 0 Å². The predicted molar refractivity (Wildman–Crippen MR) is 101 cm³/mol. The number of hydrogen-bond acceptors (Lipinski definition) is 5. The molecule has 0 unspecified atom stereocenters. The van der Waals surface area contributed by atoms with Crippen molar-refractivity contribution in [1.29, 1.82) is 0 Å². The van der Waals surface area contributed by atoms with E-state index >= 15 is 0 Å². The van der Waals surface area contributed by atoms with Crippen molar-refractivity contribution < 1.29 is 22.7 Å². The number of benzene rings is 1. The second kappa shape index (κ2) is 8.26. The zero-order chi connectivity index (χ0) is 20.2. The topological polar surface area (TPSA) is 96.0 Å². The van der Waals surface area contributed by atoms with Gasteiger partial charge >= 0.3 is 6.09 Å². The van der Waals surface area contributed by atoms with Gasteiger partial charge in [-0.05, 0) is 39.8 Å². The number of nitrogens with zero attached hydrogens (tertiary/aromatic N) is 2. The first-order valence-electron chi connectivity index (χ1n) is 8.80. The molecule has 0 spiro atoms. The molecule has 2 amide bonds. The highest BCUT2D eigenvalue weighted by Gasteiger charge is 2.30. The van der Waals surface area contributed by atoms with Crippen LogP contribution in [0, 0.1) is 6.92 Å². The Kier molecular flexibility index (Phi) is 6.48. The van der Waals surface area contributed by atoms with Gasteiger partial charge in [-0.2, -0.15) is 4.31 Å². The lowest BCUT2D eigenvalue weighted by molar-refractivity contribution is -0.131. The second-order valence-corrected chi connectivity index (χ2v) is 9.39. The van der Waals surface area contributed by atoms with Crippen molar-refractivity contribution in [2.24, 2.45) is 0 Å². The molecule has 0 radical (unpaired) electrons. The van der Waals surface area contributed by atoms with E-state index in [4.69, 9.17) is 4.74 Å². The molecular weight excluding hydrogens is 370 g/mol. The number of amides is 2. The summed E-state index contributed by atoms with van der Waals surface area (Å²) in [5.41, 5.74) is 0.352. The van der Waals surface area contributed by atoms with Crippen LogP contribution in [0.25, 0.3) is 0 Å². The number of carbonyl (C=O) groups is 2. The minimum Gasteiger partial charge on any atom is -0.444 e. The number of piperazine rings is 1. The molecule has 1 aliphatic rings. The molecule has 1 N–H and O–H groups in total. The molecule has 0 aliphatic carbocycles. The summed E-state index contributed by atoms with van der Waals surface area (Å²) in [6, 6.07) is 6.70. The third kappa shape index (κ3) is 5.93. The van der Waals surface area contributed by atoms with E-state index in [0.29, 0.717) is 0 Å². The third-order valence-electron chi connectivity index (χ3n) is 4.03. The van der Waals surface area contributed by atoms with Gasteiger partial charge in [0.25, 0.3) is 0 Å². The van der Waals surface area contributed by atoms with Crippen LogP contribution in [0.1, 0.15) is 26.3 Å². The maximum Gasteiger partial charge on any atom is 0.408 e. The normalized spacial score (nSPS) is 16.1. The second-order valence-electron chi connectivity index (χ2n) is 7.45. The molecule has 0 atom stereocenters. The molecule has 1 fully saturated rings. The summed E-state index contributed by atoms with van der Waals surface area (Å²) in [7, 11) is -3.57. The Morgan fingerprint density at radius 2 is 1.63 bits per heavy atom. The van der Waals surface area contributed by atoms with E-state index in [1.165, 1.54) is 4.31 Å². The SMILES string of the molecule is Cc1ccc(S(=O)(=O)N2CCN(C(=O)CNC(=O)OC(C)(C)C)CC2)cc1. The van der Waals surface area contributed by atoms with E-state index in [-0.39, 0.29) is 43.5 Å². The van der Waals surface area contributed by atoms with E-state index in [2.05, 4.69) is 5.32 Å². The van der Waals surface area contributed by atoms with Gasteiger partial charge in [-0.25, -0.2) is 13.2 Å². The molecule has 9 heteroatoms. The molecular formula is C18H27N3O5S. The molecule has 27 heavy (non-hydrogen) atoms. The lowest BCUT2D eigenvalue weighted by atomic mass is 10.2. The standard InChI is InChI=1S/C18H27N3O5S/c1-14-5-7-15(8-6-14)27(24,25)21-11-9-20(10-12-21)16(22)13-19-17(23)26-18(2,3)4/h5-8H,9-13H2,1-4H3,(H,19,23). The summed E-state index contributed by atoms with van der Waals surface area (Å²) in [5.74, 6) is -0.270.